The Morgan fingerprint density at radius 3 is 2.00 bits per heavy atom. The maximum Gasteiger partial charge on any atom is 0.0952 e. The van der Waals surface area contributed by atoms with E-state index in [1.54, 1.807) is 0 Å². The average molecular weight is 190 g/mol. The van der Waals surface area contributed by atoms with Crippen LogP contribution in [-0.2, 0) is 9.78 Å². The first-order valence-corrected chi connectivity index (χ1v) is 4.82. The van der Waals surface area contributed by atoms with Crippen LogP contribution in [-0.4, -0.2) is 44.4 Å². The van der Waals surface area contributed by atoms with Gasteiger partial charge >= 0.3 is 0 Å². The molecular weight excluding hydrogens is 166 g/mol. The van der Waals surface area contributed by atoms with E-state index in [-0.39, 0.29) is 5.60 Å². The van der Waals surface area contributed by atoms with E-state index in [1.165, 1.54) is 0 Å². The Morgan fingerprint density at radius 2 is 1.62 bits per heavy atom. The quantitative estimate of drug-likeness (QED) is 0.285. The second kappa shape index (κ2) is 4.94. The lowest BCUT2D eigenvalue weighted by Gasteiger charge is -2.24. The zero-order chi connectivity index (χ0) is 10.5. The Bertz CT molecular complexity index is 117. The lowest BCUT2D eigenvalue weighted by Crippen LogP contribution is -2.35. The van der Waals surface area contributed by atoms with Gasteiger partial charge in [-0.05, 0) is 20.8 Å². The molecule has 0 atom stereocenters. The number of hydrogen-bond donors (Lipinski definition) is 0. The van der Waals surface area contributed by atoms with E-state index in [9.17, 15) is 0 Å². The Labute approximate surface area is 82.1 Å². The maximum atomic E-state index is 5.14. The van der Waals surface area contributed by atoms with Gasteiger partial charge < -0.3 is 4.48 Å². The molecule has 0 fully saturated rings. The van der Waals surface area contributed by atoms with Crippen molar-refractivity contribution in [2.45, 2.75) is 32.8 Å². The predicted octanol–water partition coefficient (Wildman–Crippen LogP) is 1.83. The molecule has 0 bridgehead atoms. The van der Waals surface area contributed by atoms with Crippen molar-refractivity contribution in [2.24, 2.45) is 0 Å². The second-order valence-electron chi connectivity index (χ2n) is 5.39. The van der Waals surface area contributed by atoms with Gasteiger partial charge in [-0.3, -0.25) is 0 Å². The van der Waals surface area contributed by atoms with Crippen molar-refractivity contribution < 1.29 is 14.3 Å². The Hall–Kier alpha value is -0.120. The first-order valence-electron chi connectivity index (χ1n) is 4.82. The molecule has 0 aliphatic heterocycles. The zero-order valence-corrected chi connectivity index (χ0v) is 9.89. The van der Waals surface area contributed by atoms with Gasteiger partial charge in [-0.25, -0.2) is 9.78 Å². The van der Waals surface area contributed by atoms with Crippen LogP contribution in [0.4, 0.5) is 0 Å². The summed E-state index contributed by atoms with van der Waals surface area (Å²) in [6, 6.07) is 0. The van der Waals surface area contributed by atoms with Gasteiger partial charge in [0.25, 0.3) is 0 Å². The molecule has 0 spiro atoms. The lowest BCUT2D eigenvalue weighted by atomic mass is 10.2. The molecule has 0 aliphatic rings. The summed E-state index contributed by atoms with van der Waals surface area (Å²) >= 11 is 0. The molecule has 13 heavy (non-hydrogen) atoms. The molecule has 0 aliphatic carbocycles. The van der Waals surface area contributed by atoms with Crippen molar-refractivity contribution >= 4 is 0 Å². The molecule has 0 radical (unpaired) electrons. The van der Waals surface area contributed by atoms with Gasteiger partial charge in [0.2, 0.25) is 0 Å². The molecule has 80 valence electrons. The molecular formula is C10H24NO2+. The van der Waals surface area contributed by atoms with Crippen molar-refractivity contribution in [3.8, 4) is 0 Å². The van der Waals surface area contributed by atoms with Crippen LogP contribution < -0.4 is 0 Å². The van der Waals surface area contributed by atoms with E-state index in [0.29, 0.717) is 6.61 Å². The van der Waals surface area contributed by atoms with E-state index >= 15 is 0 Å². The van der Waals surface area contributed by atoms with Crippen LogP contribution in [0.1, 0.15) is 27.2 Å². The maximum absolute atomic E-state index is 5.14. The average Bonchev–Trinajstić information content (AvgIpc) is 1.81. The molecule has 0 saturated carbocycles. The highest BCUT2D eigenvalue weighted by Gasteiger charge is 2.11. The van der Waals surface area contributed by atoms with Crippen LogP contribution in [0, 0.1) is 0 Å². The fourth-order valence-corrected chi connectivity index (χ4v) is 0.816. The molecule has 0 N–H and O–H groups in total. The molecule has 3 heteroatoms. The van der Waals surface area contributed by atoms with Crippen molar-refractivity contribution in [1.82, 2.24) is 0 Å². The summed E-state index contributed by atoms with van der Waals surface area (Å²) < 4.78 is 0.971. The molecule has 0 heterocycles. The van der Waals surface area contributed by atoms with Crippen LogP contribution in [0.5, 0.6) is 0 Å². The van der Waals surface area contributed by atoms with Crippen LogP contribution >= 0.6 is 0 Å². The SMILES string of the molecule is CC(C)(C)OOCCC[N+](C)(C)C. The van der Waals surface area contributed by atoms with E-state index in [1.807, 2.05) is 20.8 Å². The molecule has 0 amide bonds. The monoisotopic (exact) mass is 190 g/mol. The highest BCUT2D eigenvalue weighted by atomic mass is 17.2. The third-order valence-corrected chi connectivity index (χ3v) is 1.37. The summed E-state index contributed by atoms with van der Waals surface area (Å²) in [4.78, 5) is 10.2. The van der Waals surface area contributed by atoms with Crippen LogP contribution in [0.3, 0.4) is 0 Å². The fourth-order valence-electron chi connectivity index (χ4n) is 0.816. The van der Waals surface area contributed by atoms with E-state index < -0.39 is 0 Å². The van der Waals surface area contributed by atoms with Gasteiger partial charge in [-0.15, -0.1) is 0 Å². The van der Waals surface area contributed by atoms with Gasteiger partial charge in [0.1, 0.15) is 0 Å². The summed E-state index contributed by atoms with van der Waals surface area (Å²) in [5.41, 5.74) is -0.198. The van der Waals surface area contributed by atoms with Crippen molar-refractivity contribution in [2.75, 3.05) is 34.3 Å². The first-order chi connectivity index (χ1) is 5.71. The van der Waals surface area contributed by atoms with Gasteiger partial charge in [0, 0.05) is 6.42 Å². The standard InChI is InChI=1S/C10H24NO2/c1-10(2,3)13-12-9-7-8-11(4,5)6/h7-9H2,1-6H3/q+1. The minimum Gasteiger partial charge on any atom is -0.331 e. The number of rotatable bonds is 5. The summed E-state index contributed by atoms with van der Waals surface area (Å²) in [5.74, 6) is 0. The normalized spacial score (nSPS) is 13.4. The second-order valence-corrected chi connectivity index (χ2v) is 5.39. The molecule has 0 unspecified atom stereocenters. The molecule has 0 aromatic rings. The molecule has 0 saturated heterocycles. The van der Waals surface area contributed by atoms with Gasteiger partial charge in [0.15, 0.2) is 0 Å². The van der Waals surface area contributed by atoms with Crippen molar-refractivity contribution in [1.29, 1.82) is 0 Å². The predicted molar refractivity (Wildman–Crippen MR) is 54.3 cm³/mol. The third-order valence-electron chi connectivity index (χ3n) is 1.37. The van der Waals surface area contributed by atoms with Crippen molar-refractivity contribution in [3.63, 3.8) is 0 Å². The number of nitrogens with zero attached hydrogens (tertiary/aromatic N) is 1. The topological polar surface area (TPSA) is 18.5 Å². The van der Waals surface area contributed by atoms with Crippen molar-refractivity contribution in [3.05, 3.63) is 0 Å². The van der Waals surface area contributed by atoms with E-state index in [0.717, 1.165) is 17.4 Å². The van der Waals surface area contributed by atoms with Crippen LogP contribution in [0.15, 0.2) is 0 Å². The van der Waals surface area contributed by atoms with E-state index in [2.05, 4.69) is 21.1 Å². The van der Waals surface area contributed by atoms with E-state index in [4.69, 9.17) is 9.78 Å². The largest absolute Gasteiger partial charge is 0.331 e. The van der Waals surface area contributed by atoms with Crippen LogP contribution in [0.25, 0.3) is 0 Å². The lowest BCUT2D eigenvalue weighted by molar-refractivity contribution is -0.870. The highest BCUT2D eigenvalue weighted by molar-refractivity contribution is 4.54. The Morgan fingerprint density at radius 1 is 1.08 bits per heavy atom. The first kappa shape index (κ1) is 12.9. The molecule has 0 rings (SSSR count). The minimum atomic E-state index is -0.198. The van der Waals surface area contributed by atoms with Crippen LogP contribution in [0.2, 0.25) is 0 Å². The molecule has 0 aromatic heterocycles. The third kappa shape index (κ3) is 11.9. The highest BCUT2D eigenvalue weighted by Crippen LogP contribution is 2.07. The number of quaternary nitrogens is 1. The minimum absolute atomic E-state index is 0.198. The Kier molecular flexibility index (Phi) is 4.89. The molecule has 0 aromatic carbocycles. The molecule has 3 nitrogen and oxygen atoms in total. The Balaban J connectivity index is 3.28. The number of hydrogen-bond acceptors (Lipinski definition) is 2. The van der Waals surface area contributed by atoms with Gasteiger partial charge in [0.05, 0.1) is 39.9 Å². The van der Waals surface area contributed by atoms with Gasteiger partial charge in [-0.1, -0.05) is 0 Å². The summed E-state index contributed by atoms with van der Waals surface area (Å²) in [6.07, 6.45) is 1.03. The summed E-state index contributed by atoms with van der Waals surface area (Å²) in [5, 5.41) is 0. The zero-order valence-electron chi connectivity index (χ0n) is 9.89. The van der Waals surface area contributed by atoms with Gasteiger partial charge in [-0.2, -0.15) is 0 Å². The fraction of sp³-hybridized carbons (Fsp3) is 1.00. The summed E-state index contributed by atoms with van der Waals surface area (Å²) in [6.45, 7) is 7.72. The summed E-state index contributed by atoms with van der Waals surface area (Å²) in [7, 11) is 6.51. The smallest absolute Gasteiger partial charge is 0.0952 e.